The fraction of sp³-hybridized carbons (Fsp3) is 0.750. The summed E-state index contributed by atoms with van der Waals surface area (Å²) in [5.41, 5.74) is 0. The molecule has 128 valence electrons. The largest absolute Gasteiger partial charge is 0.550 e. The van der Waals surface area contributed by atoms with Crippen LogP contribution in [0, 0.1) is 0 Å². The first-order chi connectivity index (χ1) is 9.66. The van der Waals surface area contributed by atoms with Gasteiger partial charge in [0.15, 0.2) is 0 Å². The Balaban J connectivity index is 2.67. The van der Waals surface area contributed by atoms with Gasteiger partial charge < -0.3 is 8.85 Å². The Morgan fingerprint density at radius 2 is 0.864 bits per heavy atom. The van der Waals surface area contributed by atoms with Gasteiger partial charge in [0.05, 0.1) is 26.7 Å². The van der Waals surface area contributed by atoms with Gasteiger partial charge in [-0.25, -0.2) is 0 Å². The maximum atomic E-state index is 6.47. The first-order valence-electron chi connectivity index (χ1n) is 8.42. The van der Waals surface area contributed by atoms with E-state index in [0.717, 1.165) is 12.8 Å². The highest BCUT2D eigenvalue weighted by Crippen LogP contribution is 2.30. The molecule has 0 saturated carbocycles. The molecule has 1 rings (SSSR count). The smallest absolute Gasteiger partial charge is 0.228 e. The van der Waals surface area contributed by atoms with Crippen LogP contribution >= 0.6 is 0 Å². The molecule has 0 heterocycles. The molecule has 0 radical (unpaired) electrons. The van der Waals surface area contributed by atoms with Crippen molar-refractivity contribution < 1.29 is 8.85 Å². The lowest BCUT2D eigenvalue weighted by Crippen LogP contribution is -2.55. The third-order valence-electron chi connectivity index (χ3n) is 5.45. The fourth-order valence-electron chi connectivity index (χ4n) is 1.72. The summed E-state index contributed by atoms with van der Waals surface area (Å²) in [4.78, 5) is 0. The van der Waals surface area contributed by atoms with Gasteiger partial charge in [0.2, 0.25) is 15.7 Å². The molecule has 22 heavy (non-hydrogen) atoms. The zero-order valence-electron chi connectivity index (χ0n) is 16.4. The van der Waals surface area contributed by atoms with Crippen molar-refractivity contribution in [1.82, 2.24) is 0 Å². The third kappa shape index (κ3) is 4.97. The molecule has 0 saturated heterocycles. The second-order valence-corrected chi connectivity index (χ2v) is 41.1. The van der Waals surface area contributed by atoms with Gasteiger partial charge in [0.25, 0.3) is 0 Å². The van der Waals surface area contributed by atoms with Gasteiger partial charge in [-0.3, -0.25) is 0 Å². The monoisotopic (exact) mass is 372 g/mol. The lowest BCUT2D eigenvalue weighted by molar-refractivity contribution is 0.383. The molecule has 0 fully saturated rings. The first kappa shape index (κ1) is 20.0. The van der Waals surface area contributed by atoms with Crippen LogP contribution in [0.15, 0.2) is 23.7 Å². The van der Waals surface area contributed by atoms with E-state index in [9.17, 15) is 0 Å². The van der Waals surface area contributed by atoms with Crippen LogP contribution in [0.2, 0.25) is 65.5 Å². The van der Waals surface area contributed by atoms with Crippen LogP contribution in [-0.4, -0.2) is 30.9 Å². The highest BCUT2D eigenvalue weighted by molar-refractivity contribution is 7.38. The Bertz CT molecular complexity index is 422. The van der Waals surface area contributed by atoms with Gasteiger partial charge in [-0.2, -0.15) is 0 Å². The lowest BCUT2D eigenvalue weighted by Gasteiger charge is -2.38. The van der Waals surface area contributed by atoms with E-state index in [2.05, 4.69) is 77.6 Å². The van der Waals surface area contributed by atoms with Crippen molar-refractivity contribution in [3.8, 4) is 0 Å². The molecule has 0 atom stereocenters. The molecule has 0 spiro atoms. The predicted octanol–water partition coefficient (Wildman–Crippen LogP) is 5.82. The maximum absolute atomic E-state index is 6.47. The summed E-state index contributed by atoms with van der Waals surface area (Å²) >= 11 is 0. The van der Waals surface area contributed by atoms with E-state index in [4.69, 9.17) is 8.85 Å². The van der Waals surface area contributed by atoms with Crippen molar-refractivity contribution in [3.05, 3.63) is 23.7 Å². The minimum atomic E-state index is -1.57. The summed E-state index contributed by atoms with van der Waals surface area (Å²) in [6.45, 7) is 24.0. The molecule has 0 bridgehead atoms. The van der Waals surface area contributed by atoms with Crippen molar-refractivity contribution in [2.24, 2.45) is 0 Å². The average Bonchev–Trinajstić information content (AvgIpc) is 2.28. The minimum absolute atomic E-state index is 0.909. The van der Waals surface area contributed by atoms with E-state index in [1.165, 1.54) is 11.5 Å². The number of hydrogen-bond acceptors (Lipinski definition) is 2. The lowest BCUT2D eigenvalue weighted by atomic mass is 10.1. The van der Waals surface area contributed by atoms with Crippen LogP contribution in [0.1, 0.15) is 12.8 Å². The van der Waals surface area contributed by atoms with Gasteiger partial charge in [-0.05, 0) is 38.3 Å². The molecule has 0 aromatic carbocycles. The zero-order valence-corrected chi connectivity index (χ0v) is 20.4. The van der Waals surface area contributed by atoms with Crippen molar-refractivity contribution in [3.63, 3.8) is 0 Å². The van der Waals surface area contributed by atoms with Crippen molar-refractivity contribution in [2.75, 3.05) is 0 Å². The van der Waals surface area contributed by atoms with E-state index < -0.39 is 30.9 Å². The Labute approximate surface area is 141 Å². The van der Waals surface area contributed by atoms with Gasteiger partial charge >= 0.3 is 0 Å². The summed E-state index contributed by atoms with van der Waals surface area (Å²) < 4.78 is 12.9. The first-order valence-corrected chi connectivity index (χ1v) is 23.2. The summed E-state index contributed by atoms with van der Waals surface area (Å²) in [7, 11) is -5.58. The minimum Gasteiger partial charge on any atom is -0.550 e. The zero-order chi connectivity index (χ0) is 17.4. The molecular weight excluding hydrogens is 337 g/mol. The van der Waals surface area contributed by atoms with Crippen LogP contribution in [0.4, 0.5) is 0 Å². The number of rotatable bonds is 6. The molecule has 0 unspecified atom stereocenters. The molecule has 2 nitrogen and oxygen atoms in total. The maximum Gasteiger partial charge on any atom is 0.228 e. The van der Waals surface area contributed by atoms with Crippen LogP contribution in [0.5, 0.6) is 0 Å². The summed E-state index contributed by atoms with van der Waals surface area (Å²) in [5, 5.41) is 0. The molecular formula is C16H36O2Si4. The average molecular weight is 373 g/mol. The number of allylic oxidation sites excluding steroid dienone is 2. The second-order valence-electron chi connectivity index (χ2n) is 9.47. The standard InChI is InChI=1S/C16H36O2Si4/c1-19(2,3)21(7,8)17-15-11-13-16(14-12-15)18-22(9,10)20(4,5)6/h11,14H,12-13H2,1-10H3. The fourth-order valence-corrected chi connectivity index (χ4v) is 6.60. The highest BCUT2D eigenvalue weighted by Gasteiger charge is 2.42. The Morgan fingerprint density at radius 1 is 0.591 bits per heavy atom. The van der Waals surface area contributed by atoms with E-state index in [1.54, 1.807) is 0 Å². The summed E-state index contributed by atoms with van der Waals surface area (Å²) in [6, 6.07) is 0. The molecule has 0 aliphatic heterocycles. The van der Waals surface area contributed by atoms with Crippen molar-refractivity contribution in [1.29, 1.82) is 0 Å². The van der Waals surface area contributed by atoms with E-state index in [1.807, 2.05) is 0 Å². The van der Waals surface area contributed by atoms with Crippen LogP contribution in [0.25, 0.3) is 0 Å². The van der Waals surface area contributed by atoms with E-state index in [-0.39, 0.29) is 0 Å². The summed E-state index contributed by atoms with van der Waals surface area (Å²) in [6.07, 6.45) is 6.34. The van der Waals surface area contributed by atoms with Crippen LogP contribution < -0.4 is 0 Å². The van der Waals surface area contributed by atoms with Gasteiger partial charge in [0.1, 0.15) is 0 Å². The van der Waals surface area contributed by atoms with E-state index >= 15 is 0 Å². The van der Waals surface area contributed by atoms with E-state index in [0.29, 0.717) is 0 Å². The van der Waals surface area contributed by atoms with Gasteiger partial charge in [-0.1, -0.05) is 39.3 Å². The Morgan fingerprint density at radius 3 is 1.05 bits per heavy atom. The Hall–Kier alpha value is -0.0525. The summed E-state index contributed by atoms with van der Waals surface area (Å²) in [5.74, 6) is 2.36. The molecule has 1 aliphatic rings. The molecule has 0 amide bonds. The van der Waals surface area contributed by atoms with Crippen molar-refractivity contribution in [2.45, 2.75) is 78.3 Å². The van der Waals surface area contributed by atoms with Crippen LogP contribution in [0.3, 0.4) is 0 Å². The number of hydrogen-bond donors (Lipinski definition) is 0. The SMILES string of the molecule is C[Si](C)(C)[Si](C)(C)OC1=CCC(O[Si](C)(C)[Si](C)(C)C)=CC1. The van der Waals surface area contributed by atoms with Gasteiger partial charge in [-0.15, -0.1) is 0 Å². The van der Waals surface area contributed by atoms with Gasteiger partial charge in [0, 0.05) is 12.8 Å². The molecule has 0 aromatic rings. The predicted molar refractivity (Wildman–Crippen MR) is 109 cm³/mol. The highest BCUT2D eigenvalue weighted by atomic mass is 29.3. The quantitative estimate of drug-likeness (QED) is 0.546. The molecule has 0 aromatic heterocycles. The molecule has 0 N–H and O–H groups in total. The van der Waals surface area contributed by atoms with Crippen molar-refractivity contribution >= 4 is 30.9 Å². The molecule has 6 heteroatoms. The topological polar surface area (TPSA) is 18.5 Å². The Kier molecular flexibility index (Phi) is 5.86. The normalized spacial score (nSPS) is 17.7. The van der Waals surface area contributed by atoms with Crippen LogP contribution in [-0.2, 0) is 8.85 Å². The second kappa shape index (κ2) is 6.45. The third-order valence-corrected chi connectivity index (χ3v) is 36.5. The molecule has 1 aliphatic carbocycles.